The monoisotopic (exact) mass is 458 g/mol. The molecule has 0 amide bonds. The number of aryl methyl sites for hydroxylation is 1. The predicted molar refractivity (Wildman–Crippen MR) is 109 cm³/mol. The van der Waals surface area contributed by atoms with Crippen molar-refractivity contribution in [2.75, 3.05) is 18.1 Å². The van der Waals surface area contributed by atoms with E-state index in [0.29, 0.717) is 5.56 Å². The Balaban J connectivity index is 1.90. The van der Waals surface area contributed by atoms with Crippen molar-refractivity contribution in [3.05, 3.63) is 59.9 Å². The second-order valence-corrected chi connectivity index (χ2v) is 13.5. The molecule has 158 valence electrons. The highest BCUT2D eigenvalue weighted by molar-refractivity contribution is 7.95. The SMILES string of the molecule is Cc1ccc(S(=O)(=O)C(CNS(=O)(=O)C2CCS(=O)(=O)C2)c2cccnc2)cc1. The Morgan fingerprint density at radius 1 is 1.14 bits per heavy atom. The summed E-state index contributed by atoms with van der Waals surface area (Å²) in [7, 11) is -11.3. The molecule has 0 saturated carbocycles. The Morgan fingerprint density at radius 3 is 2.38 bits per heavy atom. The molecule has 1 saturated heterocycles. The quantitative estimate of drug-likeness (QED) is 0.656. The molecule has 0 aliphatic carbocycles. The van der Waals surface area contributed by atoms with E-state index in [2.05, 4.69) is 9.71 Å². The van der Waals surface area contributed by atoms with Crippen LogP contribution in [0.4, 0.5) is 0 Å². The maximum Gasteiger partial charge on any atom is 0.215 e. The largest absolute Gasteiger partial charge is 0.264 e. The molecular weight excluding hydrogens is 436 g/mol. The summed E-state index contributed by atoms with van der Waals surface area (Å²) in [6.07, 6.45) is 2.87. The first-order valence-electron chi connectivity index (χ1n) is 8.91. The molecule has 1 aromatic heterocycles. The molecule has 2 aromatic rings. The number of sulfone groups is 2. The van der Waals surface area contributed by atoms with E-state index in [9.17, 15) is 25.3 Å². The van der Waals surface area contributed by atoms with Crippen LogP contribution in [0.25, 0.3) is 0 Å². The van der Waals surface area contributed by atoms with Gasteiger partial charge in [0, 0.05) is 18.9 Å². The lowest BCUT2D eigenvalue weighted by atomic mass is 10.2. The van der Waals surface area contributed by atoms with Crippen LogP contribution in [0.3, 0.4) is 0 Å². The Morgan fingerprint density at radius 2 is 1.83 bits per heavy atom. The highest BCUT2D eigenvalue weighted by Gasteiger charge is 2.38. The Kier molecular flexibility index (Phi) is 6.13. The molecule has 0 bridgehead atoms. The third-order valence-electron chi connectivity index (χ3n) is 4.88. The predicted octanol–water partition coefficient (Wildman–Crippen LogP) is 1.01. The standard InChI is InChI=1S/C18H22N2O6S3/c1-14-4-6-16(7-5-14)28(23,24)18(15-3-2-9-19-11-15)12-20-29(25,26)17-8-10-27(21,22)13-17/h2-7,9,11,17-18,20H,8,10,12-13H2,1H3. The first-order valence-corrected chi connectivity index (χ1v) is 13.8. The molecule has 1 aliphatic rings. The van der Waals surface area contributed by atoms with Crippen LogP contribution < -0.4 is 4.72 Å². The summed E-state index contributed by atoms with van der Waals surface area (Å²) in [6, 6.07) is 9.43. The lowest BCUT2D eigenvalue weighted by molar-refractivity contribution is 0.560. The van der Waals surface area contributed by atoms with Gasteiger partial charge < -0.3 is 0 Å². The lowest BCUT2D eigenvalue weighted by Gasteiger charge is -2.20. The highest BCUT2D eigenvalue weighted by Crippen LogP contribution is 2.29. The molecule has 1 aromatic carbocycles. The Hall–Kier alpha value is -1.82. The molecule has 8 nitrogen and oxygen atoms in total. The number of pyridine rings is 1. The first kappa shape index (κ1) is 21.9. The summed E-state index contributed by atoms with van der Waals surface area (Å²) in [5.74, 6) is -0.642. The fourth-order valence-corrected chi connectivity index (χ4v) is 9.02. The number of benzene rings is 1. The molecule has 2 atom stereocenters. The smallest absolute Gasteiger partial charge is 0.215 e. The maximum atomic E-state index is 13.2. The van der Waals surface area contributed by atoms with Gasteiger partial charge in [-0.25, -0.2) is 30.0 Å². The Labute approximate surface area is 171 Å². The van der Waals surface area contributed by atoms with Gasteiger partial charge in [-0.05, 0) is 37.1 Å². The van der Waals surface area contributed by atoms with Crippen molar-refractivity contribution in [1.82, 2.24) is 9.71 Å². The van der Waals surface area contributed by atoms with Crippen LogP contribution in [0.1, 0.15) is 22.8 Å². The van der Waals surface area contributed by atoms with Gasteiger partial charge in [0.05, 0.1) is 21.7 Å². The molecule has 1 fully saturated rings. The van der Waals surface area contributed by atoms with Crippen molar-refractivity contribution in [3.8, 4) is 0 Å². The van der Waals surface area contributed by atoms with Crippen LogP contribution in [0.2, 0.25) is 0 Å². The molecule has 11 heteroatoms. The van der Waals surface area contributed by atoms with E-state index in [0.717, 1.165) is 5.56 Å². The minimum atomic E-state index is -4.00. The summed E-state index contributed by atoms with van der Waals surface area (Å²) in [4.78, 5) is 4.02. The number of nitrogens with one attached hydrogen (secondary N) is 1. The number of hydrogen-bond acceptors (Lipinski definition) is 7. The van der Waals surface area contributed by atoms with Crippen LogP contribution in [-0.2, 0) is 29.7 Å². The van der Waals surface area contributed by atoms with Crippen molar-refractivity contribution in [1.29, 1.82) is 0 Å². The van der Waals surface area contributed by atoms with E-state index in [-0.39, 0.29) is 17.1 Å². The molecule has 1 aliphatic heterocycles. The second-order valence-electron chi connectivity index (χ2n) is 7.05. The second kappa shape index (κ2) is 8.13. The van der Waals surface area contributed by atoms with Crippen molar-refractivity contribution < 1.29 is 25.3 Å². The van der Waals surface area contributed by atoms with Gasteiger partial charge in [0.15, 0.2) is 19.7 Å². The fraction of sp³-hybridized carbons (Fsp3) is 0.389. The van der Waals surface area contributed by atoms with Crippen LogP contribution >= 0.6 is 0 Å². The minimum Gasteiger partial charge on any atom is -0.264 e. The van der Waals surface area contributed by atoms with Gasteiger partial charge in [-0.15, -0.1) is 0 Å². The molecule has 2 unspecified atom stereocenters. The lowest BCUT2D eigenvalue weighted by Crippen LogP contribution is -2.38. The molecule has 0 spiro atoms. The van der Waals surface area contributed by atoms with Gasteiger partial charge in [-0.2, -0.15) is 0 Å². The summed E-state index contributed by atoms with van der Waals surface area (Å²) in [6.45, 7) is 1.42. The highest BCUT2D eigenvalue weighted by atomic mass is 32.2. The topological polar surface area (TPSA) is 127 Å². The minimum absolute atomic E-state index is 0.0000615. The van der Waals surface area contributed by atoms with Gasteiger partial charge in [-0.3, -0.25) is 4.98 Å². The number of rotatable bonds is 7. The van der Waals surface area contributed by atoms with Crippen molar-refractivity contribution in [3.63, 3.8) is 0 Å². The maximum absolute atomic E-state index is 13.2. The number of aromatic nitrogens is 1. The molecule has 29 heavy (non-hydrogen) atoms. The van der Waals surface area contributed by atoms with E-state index in [1.165, 1.54) is 24.5 Å². The van der Waals surface area contributed by atoms with E-state index in [4.69, 9.17) is 0 Å². The number of nitrogens with zero attached hydrogens (tertiary/aromatic N) is 1. The Bertz CT molecular complexity index is 1180. The molecule has 0 radical (unpaired) electrons. The van der Waals surface area contributed by atoms with Gasteiger partial charge in [0.25, 0.3) is 0 Å². The van der Waals surface area contributed by atoms with Crippen LogP contribution in [0.15, 0.2) is 53.7 Å². The van der Waals surface area contributed by atoms with E-state index in [1.54, 1.807) is 24.3 Å². The van der Waals surface area contributed by atoms with Gasteiger partial charge in [0.2, 0.25) is 10.0 Å². The summed E-state index contributed by atoms with van der Waals surface area (Å²) >= 11 is 0. The van der Waals surface area contributed by atoms with E-state index >= 15 is 0 Å². The average Bonchev–Trinajstić information content (AvgIpc) is 3.03. The van der Waals surface area contributed by atoms with E-state index in [1.807, 2.05) is 6.92 Å². The van der Waals surface area contributed by atoms with Crippen molar-refractivity contribution in [2.45, 2.75) is 28.7 Å². The fourth-order valence-electron chi connectivity index (χ4n) is 3.18. The zero-order valence-corrected chi connectivity index (χ0v) is 18.2. The van der Waals surface area contributed by atoms with Crippen molar-refractivity contribution in [2.24, 2.45) is 0 Å². The molecular formula is C18H22N2O6S3. The summed E-state index contributed by atoms with van der Waals surface area (Å²) in [5.41, 5.74) is 1.24. The van der Waals surface area contributed by atoms with E-state index < -0.39 is 52.5 Å². The summed E-state index contributed by atoms with van der Waals surface area (Å²) < 4.78 is 77.2. The third-order valence-corrected chi connectivity index (χ3v) is 10.8. The first-order chi connectivity index (χ1) is 13.5. The zero-order chi connectivity index (χ0) is 21.3. The van der Waals surface area contributed by atoms with Crippen LogP contribution in [0, 0.1) is 6.92 Å². The molecule has 1 N–H and O–H groups in total. The number of sulfonamides is 1. The van der Waals surface area contributed by atoms with Gasteiger partial charge >= 0.3 is 0 Å². The third kappa shape index (κ3) is 5.03. The van der Waals surface area contributed by atoms with Crippen LogP contribution in [-0.4, -0.2) is 53.5 Å². The molecule has 3 rings (SSSR count). The van der Waals surface area contributed by atoms with Crippen LogP contribution in [0.5, 0.6) is 0 Å². The zero-order valence-electron chi connectivity index (χ0n) is 15.7. The van der Waals surface area contributed by atoms with Gasteiger partial charge in [-0.1, -0.05) is 23.8 Å². The van der Waals surface area contributed by atoms with Gasteiger partial charge in [0.1, 0.15) is 5.25 Å². The average molecular weight is 459 g/mol. The normalized spacial score (nSPS) is 20.4. The molecule has 2 heterocycles. The number of hydrogen-bond donors (Lipinski definition) is 1. The summed E-state index contributed by atoms with van der Waals surface area (Å²) in [5, 5.41) is -2.28. The van der Waals surface area contributed by atoms with Crippen molar-refractivity contribution >= 4 is 29.7 Å².